The van der Waals surface area contributed by atoms with E-state index in [9.17, 15) is 0 Å². The molecule has 4 atom stereocenters. The van der Waals surface area contributed by atoms with Crippen molar-refractivity contribution < 1.29 is 0 Å². The maximum atomic E-state index is 6.64. The summed E-state index contributed by atoms with van der Waals surface area (Å²) >= 11 is 6.64. The molecule has 0 spiro atoms. The number of alkyl halides is 1. The highest BCUT2D eigenvalue weighted by Gasteiger charge is 2.29. The fourth-order valence-electron chi connectivity index (χ4n) is 10.4. The van der Waals surface area contributed by atoms with Crippen molar-refractivity contribution in [3.8, 4) is 22.3 Å². The summed E-state index contributed by atoms with van der Waals surface area (Å²) in [6.45, 7) is 4.79. The molecule has 5 aliphatic carbocycles. The van der Waals surface area contributed by atoms with E-state index in [4.69, 9.17) is 11.6 Å². The highest BCUT2D eigenvalue weighted by molar-refractivity contribution is 6.24. The van der Waals surface area contributed by atoms with E-state index in [1.54, 1.807) is 5.56 Å². The first kappa shape index (κ1) is 27.5. The van der Waals surface area contributed by atoms with Crippen LogP contribution in [-0.4, -0.2) is 5.38 Å². The topological polar surface area (TPSA) is 0 Å². The molecule has 0 radical (unpaired) electrons. The molecule has 0 heterocycles. The lowest BCUT2D eigenvalue weighted by Crippen LogP contribution is -2.27. The van der Waals surface area contributed by atoms with Gasteiger partial charge in [-0.25, -0.2) is 0 Å². The Morgan fingerprint density at radius 1 is 0.646 bits per heavy atom. The molecule has 0 aromatic heterocycles. The molecular formula is C47H37Cl. The molecule has 3 unspecified atom stereocenters. The standard InChI is InChI=1S/C47H37Cl/c1-25-19-31-5-3-27-7-13-36(40-17-11-32(20-25)44(31)46(27)40)29-9-15-38-39-16-10-30(24-43(39)26(2)42(38)23-29)37-14-8-28-4-6-33-21-35(48)22-34-12-18-41(37)47(28)45(33)34/h3-7,9-10,12-13,15-19,22-26,32,35H,8,11,14,20-21H2,1-2H3/t25?,26-,32?,35?/m1/s1. The molecule has 0 bridgehead atoms. The zero-order valence-corrected chi connectivity index (χ0v) is 28.3. The molecule has 6 aromatic carbocycles. The highest BCUT2D eigenvalue weighted by Crippen LogP contribution is 2.47. The minimum atomic E-state index is 0.0760. The van der Waals surface area contributed by atoms with Crippen molar-refractivity contribution in [3.05, 3.63) is 139 Å². The average molecular weight is 637 g/mol. The fourth-order valence-corrected chi connectivity index (χ4v) is 10.7. The Bertz CT molecular complexity index is 2710. The Labute approximate surface area is 286 Å². The van der Waals surface area contributed by atoms with Gasteiger partial charge in [-0.15, -0.1) is 11.6 Å². The lowest BCUT2D eigenvalue weighted by atomic mass is 9.75. The molecule has 0 saturated heterocycles. The first-order valence-corrected chi connectivity index (χ1v) is 18.4. The molecule has 0 aliphatic heterocycles. The summed E-state index contributed by atoms with van der Waals surface area (Å²) in [5, 5.41) is 11.5. The fraction of sp³-hybridized carbons (Fsp3) is 0.234. The Balaban J connectivity index is 1.04. The van der Waals surface area contributed by atoms with Crippen LogP contribution in [0.15, 0.2) is 84.9 Å². The van der Waals surface area contributed by atoms with Crippen molar-refractivity contribution in [2.45, 2.75) is 63.2 Å². The van der Waals surface area contributed by atoms with Crippen LogP contribution in [0.3, 0.4) is 0 Å². The second-order valence-corrected chi connectivity index (χ2v) is 15.8. The normalized spacial score (nSPS) is 22.5. The molecule has 232 valence electrons. The van der Waals surface area contributed by atoms with Gasteiger partial charge in [-0.05, 0) is 154 Å². The van der Waals surface area contributed by atoms with Gasteiger partial charge in [-0.1, -0.05) is 111 Å². The molecule has 1 heteroatoms. The third-order valence-corrected chi connectivity index (χ3v) is 12.8. The van der Waals surface area contributed by atoms with Crippen LogP contribution in [0.1, 0.15) is 78.3 Å². The van der Waals surface area contributed by atoms with E-state index in [-0.39, 0.29) is 5.38 Å². The van der Waals surface area contributed by atoms with Gasteiger partial charge in [-0.3, -0.25) is 0 Å². The Morgan fingerprint density at radius 3 is 2.27 bits per heavy atom. The molecule has 0 saturated carbocycles. The first-order chi connectivity index (χ1) is 23.5. The van der Waals surface area contributed by atoms with E-state index >= 15 is 0 Å². The van der Waals surface area contributed by atoms with Crippen molar-refractivity contribution in [3.63, 3.8) is 0 Å². The van der Waals surface area contributed by atoms with Crippen LogP contribution in [0.2, 0.25) is 0 Å². The van der Waals surface area contributed by atoms with Crippen molar-refractivity contribution in [1.82, 2.24) is 0 Å². The molecule has 0 N–H and O–H groups in total. The van der Waals surface area contributed by atoms with Crippen LogP contribution in [-0.2, 0) is 12.8 Å². The minimum Gasteiger partial charge on any atom is -0.118 e. The quantitative estimate of drug-likeness (QED) is 0.166. The van der Waals surface area contributed by atoms with Crippen LogP contribution < -0.4 is 20.9 Å². The van der Waals surface area contributed by atoms with Crippen LogP contribution in [0.25, 0.3) is 67.6 Å². The lowest BCUT2D eigenvalue weighted by molar-refractivity contribution is 0.550. The van der Waals surface area contributed by atoms with E-state index in [0.717, 1.165) is 25.7 Å². The van der Waals surface area contributed by atoms with Gasteiger partial charge >= 0.3 is 0 Å². The van der Waals surface area contributed by atoms with Gasteiger partial charge in [0, 0.05) is 5.92 Å². The molecule has 5 aliphatic rings. The number of hydrogen-bond donors (Lipinski definition) is 0. The van der Waals surface area contributed by atoms with Crippen molar-refractivity contribution >= 4 is 56.9 Å². The predicted octanol–water partition coefficient (Wildman–Crippen LogP) is 8.97. The van der Waals surface area contributed by atoms with E-state index in [1.165, 1.54) is 104 Å². The van der Waals surface area contributed by atoms with Crippen LogP contribution in [0.4, 0.5) is 0 Å². The van der Waals surface area contributed by atoms with Crippen LogP contribution in [0.5, 0.6) is 0 Å². The predicted molar refractivity (Wildman–Crippen MR) is 203 cm³/mol. The molecule has 0 nitrogen and oxygen atoms in total. The van der Waals surface area contributed by atoms with Crippen LogP contribution in [0, 0.1) is 5.92 Å². The minimum absolute atomic E-state index is 0.0760. The summed E-state index contributed by atoms with van der Waals surface area (Å²) in [5.41, 5.74) is 15.8. The van der Waals surface area contributed by atoms with Gasteiger partial charge in [-0.2, -0.15) is 0 Å². The van der Waals surface area contributed by atoms with Gasteiger partial charge < -0.3 is 0 Å². The summed E-state index contributed by atoms with van der Waals surface area (Å²) in [6.07, 6.45) is 12.8. The maximum absolute atomic E-state index is 6.64. The summed E-state index contributed by atoms with van der Waals surface area (Å²) in [4.78, 5) is 0. The van der Waals surface area contributed by atoms with E-state index in [2.05, 4.69) is 117 Å². The lowest BCUT2D eigenvalue weighted by Gasteiger charge is -2.29. The highest BCUT2D eigenvalue weighted by atomic mass is 35.5. The van der Waals surface area contributed by atoms with Gasteiger partial charge in [0.05, 0.1) is 5.38 Å². The SMILES string of the molecule is CC1C=c2ccc3ccc(-c4ccc5c(c4)[C@@H](C)c4cc(C6=c7ccc8c9c(ccc(c79)CC6)CC(Cl)C=8)ccc4-5)c4c3c2C(CC=4)C1. The summed E-state index contributed by atoms with van der Waals surface area (Å²) in [7, 11) is 0. The second kappa shape index (κ2) is 9.83. The van der Waals surface area contributed by atoms with Crippen molar-refractivity contribution in [1.29, 1.82) is 0 Å². The number of halogens is 1. The largest absolute Gasteiger partial charge is 0.118 e. The number of fused-ring (bicyclic) bond motifs is 3. The van der Waals surface area contributed by atoms with Crippen LogP contribution >= 0.6 is 11.6 Å². The second-order valence-electron chi connectivity index (χ2n) is 15.2. The first-order valence-electron chi connectivity index (χ1n) is 18.0. The number of aryl methyl sites for hydroxylation is 1. The monoisotopic (exact) mass is 636 g/mol. The molecular weight excluding hydrogens is 600 g/mol. The van der Waals surface area contributed by atoms with Gasteiger partial charge in [0.1, 0.15) is 0 Å². The summed E-state index contributed by atoms with van der Waals surface area (Å²) in [6, 6.07) is 33.4. The molecule has 11 rings (SSSR count). The number of hydrogen-bond acceptors (Lipinski definition) is 0. The Kier molecular flexibility index (Phi) is 5.64. The van der Waals surface area contributed by atoms with E-state index in [0.29, 0.717) is 17.8 Å². The zero-order chi connectivity index (χ0) is 31.8. The molecule has 0 fully saturated rings. The third-order valence-electron chi connectivity index (χ3n) is 12.5. The molecule has 0 amide bonds. The van der Waals surface area contributed by atoms with E-state index in [1.807, 2.05) is 0 Å². The Morgan fingerprint density at radius 2 is 1.40 bits per heavy atom. The average Bonchev–Trinajstić information content (AvgIpc) is 3.38. The van der Waals surface area contributed by atoms with Crippen molar-refractivity contribution in [2.24, 2.45) is 5.92 Å². The smallest absolute Gasteiger partial charge is 0.0565 e. The number of benzene rings is 6. The summed E-state index contributed by atoms with van der Waals surface area (Å²) in [5.74, 6) is 1.66. The third kappa shape index (κ3) is 3.73. The van der Waals surface area contributed by atoms with Crippen molar-refractivity contribution in [2.75, 3.05) is 0 Å². The summed E-state index contributed by atoms with van der Waals surface area (Å²) < 4.78 is 0. The number of rotatable bonds is 2. The zero-order valence-electron chi connectivity index (χ0n) is 27.5. The maximum Gasteiger partial charge on any atom is 0.0565 e. The Hall–Kier alpha value is -4.39. The van der Waals surface area contributed by atoms with E-state index < -0.39 is 0 Å². The van der Waals surface area contributed by atoms with Gasteiger partial charge in [0.15, 0.2) is 0 Å². The van der Waals surface area contributed by atoms with Gasteiger partial charge in [0.25, 0.3) is 0 Å². The molecule has 6 aromatic rings. The van der Waals surface area contributed by atoms with Gasteiger partial charge in [0.2, 0.25) is 0 Å². The molecule has 48 heavy (non-hydrogen) atoms.